The molecule has 1 aliphatic carbocycles. The highest BCUT2D eigenvalue weighted by Crippen LogP contribution is 2.59. The van der Waals surface area contributed by atoms with Crippen LogP contribution in [0.5, 0.6) is 0 Å². The van der Waals surface area contributed by atoms with Crippen LogP contribution in [0.25, 0.3) is 22.6 Å². The Kier molecular flexibility index (Phi) is 4.48. The Balaban J connectivity index is 1.15. The molecule has 1 aromatic carbocycles. The van der Waals surface area contributed by atoms with Crippen molar-refractivity contribution in [2.24, 2.45) is 18.9 Å². The van der Waals surface area contributed by atoms with Gasteiger partial charge >= 0.3 is 0 Å². The molecule has 2 atom stereocenters. The number of nitrogen functional groups attached to an aromatic ring is 1. The third-order valence-corrected chi connectivity index (χ3v) is 6.40. The number of fused-ring (bicyclic) bond motifs is 1. The van der Waals surface area contributed by atoms with Gasteiger partial charge in [-0.05, 0) is 30.3 Å². The van der Waals surface area contributed by atoms with Gasteiger partial charge < -0.3 is 16.0 Å². The van der Waals surface area contributed by atoms with E-state index < -0.39 is 17.8 Å². The van der Waals surface area contributed by atoms with E-state index in [-0.39, 0.29) is 5.95 Å². The largest absolute Gasteiger partial charge is 0.368 e. The molecule has 4 aromatic rings. The van der Waals surface area contributed by atoms with Crippen LogP contribution in [0, 0.1) is 11.8 Å². The second-order valence-electron chi connectivity index (χ2n) is 8.58. The molecule has 0 bridgehead atoms. The van der Waals surface area contributed by atoms with Crippen molar-refractivity contribution in [1.29, 1.82) is 0 Å². The fraction of sp³-hybridized carbons (Fsp3) is 0.261. The summed E-state index contributed by atoms with van der Waals surface area (Å²) >= 11 is 0. The molecular weight excluding hydrogens is 440 g/mol. The lowest BCUT2D eigenvalue weighted by Gasteiger charge is -2.20. The zero-order valence-corrected chi connectivity index (χ0v) is 18.2. The number of rotatable bonds is 5. The number of aryl methyl sites for hydroxylation is 1. The molecule has 4 heterocycles. The van der Waals surface area contributed by atoms with E-state index in [9.17, 15) is 8.78 Å². The third kappa shape index (κ3) is 3.49. The molecule has 1 saturated carbocycles. The molecule has 0 amide bonds. The first-order chi connectivity index (χ1) is 16.4. The molecule has 172 valence electrons. The van der Waals surface area contributed by atoms with Crippen molar-refractivity contribution < 1.29 is 8.78 Å². The number of nitrogens with one attached hydrogen (secondary N) is 1. The normalized spacial score (nSPS) is 20.3. The van der Waals surface area contributed by atoms with Crippen LogP contribution in [0.4, 0.5) is 32.2 Å². The number of hydrogen-bond acceptors (Lipinski definition) is 8. The molecular formula is C23H21F2N9. The van der Waals surface area contributed by atoms with E-state index in [2.05, 4.69) is 30.4 Å². The molecule has 34 heavy (non-hydrogen) atoms. The smallest absolute Gasteiger partial charge is 0.258 e. The van der Waals surface area contributed by atoms with Gasteiger partial charge in [0.15, 0.2) is 5.82 Å². The van der Waals surface area contributed by atoms with Gasteiger partial charge in [-0.1, -0.05) is 12.1 Å². The quantitative estimate of drug-likeness (QED) is 0.466. The van der Waals surface area contributed by atoms with Gasteiger partial charge in [-0.3, -0.25) is 0 Å². The van der Waals surface area contributed by atoms with Crippen molar-refractivity contribution in [1.82, 2.24) is 29.7 Å². The van der Waals surface area contributed by atoms with Crippen LogP contribution in [-0.2, 0) is 7.05 Å². The summed E-state index contributed by atoms with van der Waals surface area (Å²) in [5.41, 5.74) is 8.92. The van der Waals surface area contributed by atoms with Gasteiger partial charge in [-0.25, -0.2) is 28.4 Å². The SMILES string of the molecule is Cn1nc(-c2ccc(N3CC4C(C3)C4(F)F)nc2)nc1Nc1ccc(-c2ccnc(N)n2)cc1. The minimum Gasteiger partial charge on any atom is -0.368 e. The molecule has 1 saturated heterocycles. The highest BCUT2D eigenvalue weighted by molar-refractivity contribution is 5.66. The van der Waals surface area contributed by atoms with Crippen molar-refractivity contribution in [3.05, 3.63) is 54.9 Å². The molecule has 3 aromatic heterocycles. The predicted octanol–water partition coefficient (Wildman–Crippen LogP) is 3.36. The number of nitrogens with zero attached hydrogens (tertiary/aromatic N) is 7. The monoisotopic (exact) mass is 461 g/mol. The third-order valence-electron chi connectivity index (χ3n) is 6.40. The first kappa shape index (κ1) is 20.5. The van der Waals surface area contributed by atoms with E-state index in [4.69, 9.17) is 5.73 Å². The summed E-state index contributed by atoms with van der Waals surface area (Å²) < 4.78 is 28.5. The van der Waals surface area contributed by atoms with Crippen molar-refractivity contribution in [3.63, 3.8) is 0 Å². The van der Waals surface area contributed by atoms with E-state index in [1.807, 2.05) is 41.3 Å². The Labute approximate surface area is 193 Å². The molecule has 6 rings (SSSR count). The van der Waals surface area contributed by atoms with Gasteiger partial charge in [-0.15, -0.1) is 5.10 Å². The Bertz CT molecular complexity index is 1340. The minimum absolute atomic E-state index is 0.229. The van der Waals surface area contributed by atoms with Crippen molar-refractivity contribution in [3.8, 4) is 22.6 Å². The first-order valence-corrected chi connectivity index (χ1v) is 10.8. The molecule has 1 aliphatic heterocycles. The number of piperidine rings is 1. The summed E-state index contributed by atoms with van der Waals surface area (Å²) in [4.78, 5) is 19.1. The summed E-state index contributed by atoms with van der Waals surface area (Å²) in [6, 6.07) is 13.2. The van der Waals surface area contributed by atoms with Crippen LogP contribution in [0.1, 0.15) is 0 Å². The zero-order valence-electron chi connectivity index (χ0n) is 18.2. The summed E-state index contributed by atoms with van der Waals surface area (Å²) in [5, 5.41) is 7.73. The first-order valence-electron chi connectivity index (χ1n) is 10.8. The molecule has 9 nitrogen and oxygen atoms in total. The molecule has 2 fully saturated rings. The molecule has 0 spiro atoms. The number of hydrogen-bond donors (Lipinski definition) is 2. The number of alkyl halides is 2. The maximum absolute atomic E-state index is 13.4. The van der Waals surface area contributed by atoms with Crippen LogP contribution >= 0.6 is 0 Å². The topological polar surface area (TPSA) is 111 Å². The minimum atomic E-state index is -2.50. The van der Waals surface area contributed by atoms with E-state index in [0.29, 0.717) is 30.7 Å². The van der Waals surface area contributed by atoms with E-state index in [0.717, 1.165) is 22.5 Å². The van der Waals surface area contributed by atoms with Gasteiger partial charge in [-0.2, -0.15) is 4.98 Å². The standard InChI is InChI=1S/C23H21F2N9/c1-33-22(29-15-5-2-13(3-6-15)18-8-9-27-21(26)30-18)31-20(32-33)14-4-7-19(28-10-14)34-11-16-17(12-34)23(16,24)25/h2-10,16-17H,11-12H2,1H3,(H2,26,27,30)(H,29,31,32). The highest BCUT2D eigenvalue weighted by Gasteiger charge is 2.71. The number of aromatic nitrogens is 6. The van der Waals surface area contributed by atoms with Crippen LogP contribution in [0.2, 0.25) is 0 Å². The predicted molar refractivity (Wildman–Crippen MR) is 124 cm³/mol. The van der Waals surface area contributed by atoms with Crippen LogP contribution in [-0.4, -0.2) is 48.7 Å². The highest BCUT2D eigenvalue weighted by atomic mass is 19.3. The van der Waals surface area contributed by atoms with Crippen molar-refractivity contribution in [2.45, 2.75) is 5.92 Å². The Morgan fingerprint density at radius 2 is 1.71 bits per heavy atom. The number of anilines is 4. The Morgan fingerprint density at radius 1 is 0.971 bits per heavy atom. The molecule has 2 unspecified atom stereocenters. The van der Waals surface area contributed by atoms with Crippen molar-refractivity contribution >= 4 is 23.4 Å². The van der Waals surface area contributed by atoms with Gasteiger partial charge in [0.2, 0.25) is 11.9 Å². The van der Waals surface area contributed by atoms with Gasteiger partial charge in [0, 0.05) is 49.3 Å². The molecule has 0 radical (unpaired) electrons. The van der Waals surface area contributed by atoms with E-state index in [1.165, 1.54) is 0 Å². The zero-order chi connectivity index (χ0) is 23.4. The van der Waals surface area contributed by atoms with E-state index in [1.54, 1.807) is 30.2 Å². The van der Waals surface area contributed by atoms with Crippen LogP contribution in [0.3, 0.4) is 0 Å². The maximum atomic E-state index is 13.4. The van der Waals surface area contributed by atoms with E-state index >= 15 is 0 Å². The lowest BCUT2D eigenvalue weighted by atomic mass is 10.1. The summed E-state index contributed by atoms with van der Waals surface area (Å²) in [7, 11) is 1.80. The Hall–Kier alpha value is -4.15. The lowest BCUT2D eigenvalue weighted by Crippen LogP contribution is -2.27. The van der Waals surface area contributed by atoms with Gasteiger partial charge in [0.1, 0.15) is 5.82 Å². The summed E-state index contributed by atoms with van der Waals surface area (Å²) in [5.74, 6) is -1.55. The summed E-state index contributed by atoms with van der Waals surface area (Å²) in [6.45, 7) is 0.701. The van der Waals surface area contributed by atoms with Crippen molar-refractivity contribution in [2.75, 3.05) is 29.0 Å². The number of pyridine rings is 1. The Morgan fingerprint density at radius 3 is 2.38 bits per heavy atom. The lowest BCUT2D eigenvalue weighted by molar-refractivity contribution is 0.0797. The fourth-order valence-electron chi connectivity index (χ4n) is 4.40. The molecule has 3 N–H and O–H groups in total. The van der Waals surface area contributed by atoms with Crippen LogP contribution < -0.4 is 16.0 Å². The summed E-state index contributed by atoms with van der Waals surface area (Å²) in [6.07, 6.45) is 3.30. The van der Waals surface area contributed by atoms with Crippen LogP contribution in [0.15, 0.2) is 54.9 Å². The second kappa shape index (κ2) is 7.44. The number of benzene rings is 1. The number of halogens is 2. The fourth-order valence-corrected chi connectivity index (χ4v) is 4.40. The second-order valence-corrected chi connectivity index (χ2v) is 8.58. The molecule has 2 aliphatic rings. The average molecular weight is 461 g/mol. The van der Waals surface area contributed by atoms with Gasteiger partial charge in [0.05, 0.1) is 17.5 Å². The maximum Gasteiger partial charge on any atom is 0.258 e. The van der Waals surface area contributed by atoms with Gasteiger partial charge in [0.25, 0.3) is 5.92 Å². The number of nitrogens with two attached hydrogens (primary N) is 1. The molecule has 11 heteroatoms. The average Bonchev–Trinajstić information content (AvgIpc) is 3.21.